The zero-order chi connectivity index (χ0) is 30.7. The van der Waals surface area contributed by atoms with Crippen molar-refractivity contribution in [3.8, 4) is 10.4 Å². The summed E-state index contributed by atoms with van der Waals surface area (Å²) in [5.41, 5.74) is 10.1. The molecule has 1 saturated heterocycles. The minimum absolute atomic E-state index is 0.0450. The molecule has 4 atom stereocenters. The number of rotatable bonds is 9. The van der Waals surface area contributed by atoms with Crippen molar-refractivity contribution in [2.45, 2.75) is 104 Å². The molecule has 2 heterocycles. The van der Waals surface area contributed by atoms with Crippen LogP contribution in [0.2, 0.25) is 0 Å². The molecular formula is C32H47N5O4S. The summed E-state index contributed by atoms with van der Waals surface area (Å²) in [6.07, 6.45) is 4.72. The van der Waals surface area contributed by atoms with Gasteiger partial charge < -0.3 is 26.4 Å². The standard InChI is InChI=1S/C32H47N5O4S/c1-20(22-9-11-23(12-10-22)27-21(2)34-19-42-27)35-29(40)25-15-24(38)17-37(25)30(41)28(31(3,4)5)36-26(39)16-32(18-33)13-7-6-8-14-32/h9-12,19-20,24-25,28,38H,6-8,13-18,33H2,1-5H3,(H,35,40)(H,36,39)/t20-,24+,25-,28+/m0/s1. The summed E-state index contributed by atoms with van der Waals surface area (Å²) in [5.74, 6) is -0.866. The highest BCUT2D eigenvalue weighted by Crippen LogP contribution is 2.38. The fourth-order valence-electron chi connectivity index (χ4n) is 6.32. The Balaban J connectivity index is 1.44. The van der Waals surface area contributed by atoms with Crippen LogP contribution in [-0.4, -0.2) is 64.0 Å². The number of carbonyl (C=O) groups excluding carboxylic acids is 3. The predicted molar refractivity (Wildman–Crippen MR) is 166 cm³/mol. The third-order valence-electron chi connectivity index (χ3n) is 8.94. The van der Waals surface area contributed by atoms with Gasteiger partial charge in [-0.1, -0.05) is 64.3 Å². The Hall–Kier alpha value is -2.82. The number of nitrogens with one attached hydrogen (secondary N) is 2. The molecule has 0 radical (unpaired) electrons. The lowest BCUT2D eigenvalue weighted by Gasteiger charge is -2.38. The number of aliphatic hydroxyl groups is 1. The van der Waals surface area contributed by atoms with Crippen molar-refractivity contribution in [2.24, 2.45) is 16.6 Å². The summed E-state index contributed by atoms with van der Waals surface area (Å²) in [7, 11) is 0. The number of carbonyl (C=O) groups is 3. The second kappa shape index (κ2) is 13.2. The van der Waals surface area contributed by atoms with E-state index in [0.29, 0.717) is 6.54 Å². The Morgan fingerprint density at radius 2 is 1.81 bits per heavy atom. The lowest BCUT2D eigenvalue weighted by Crippen LogP contribution is -2.58. The topological polar surface area (TPSA) is 138 Å². The number of β-amino-alcohol motifs (C(OH)–C–C–N with tert-alkyl or cyclic N) is 1. The van der Waals surface area contributed by atoms with Crippen LogP contribution in [0, 0.1) is 17.8 Å². The van der Waals surface area contributed by atoms with E-state index in [-0.39, 0.29) is 48.6 Å². The molecule has 1 aromatic heterocycles. The van der Waals surface area contributed by atoms with E-state index in [1.807, 2.05) is 64.4 Å². The van der Waals surface area contributed by atoms with Crippen LogP contribution in [0.15, 0.2) is 29.8 Å². The smallest absolute Gasteiger partial charge is 0.246 e. The largest absolute Gasteiger partial charge is 0.391 e. The summed E-state index contributed by atoms with van der Waals surface area (Å²) < 4.78 is 0. The van der Waals surface area contributed by atoms with Crippen molar-refractivity contribution in [3.63, 3.8) is 0 Å². The molecule has 1 aliphatic heterocycles. The molecule has 0 spiro atoms. The Kier molecular flexibility index (Phi) is 10.1. The molecule has 10 heteroatoms. The highest BCUT2D eigenvalue weighted by Gasteiger charge is 2.45. The lowest BCUT2D eigenvalue weighted by molar-refractivity contribution is -0.144. The summed E-state index contributed by atoms with van der Waals surface area (Å²) >= 11 is 1.59. The van der Waals surface area contributed by atoms with Crippen molar-refractivity contribution in [2.75, 3.05) is 13.1 Å². The van der Waals surface area contributed by atoms with Crippen LogP contribution < -0.4 is 16.4 Å². The molecule has 230 valence electrons. The van der Waals surface area contributed by atoms with Crippen molar-refractivity contribution in [1.82, 2.24) is 20.5 Å². The summed E-state index contributed by atoms with van der Waals surface area (Å²) in [4.78, 5) is 47.6. The van der Waals surface area contributed by atoms with Crippen LogP contribution in [0.3, 0.4) is 0 Å². The van der Waals surface area contributed by atoms with Gasteiger partial charge >= 0.3 is 0 Å². The van der Waals surface area contributed by atoms with E-state index in [2.05, 4.69) is 15.6 Å². The van der Waals surface area contributed by atoms with Gasteiger partial charge in [0.25, 0.3) is 0 Å². The third-order valence-corrected chi connectivity index (χ3v) is 9.92. The summed E-state index contributed by atoms with van der Waals surface area (Å²) in [5, 5.41) is 16.6. The van der Waals surface area contributed by atoms with Gasteiger partial charge in [0.05, 0.1) is 28.2 Å². The molecule has 1 saturated carbocycles. The van der Waals surface area contributed by atoms with Gasteiger partial charge in [0, 0.05) is 19.4 Å². The van der Waals surface area contributed by atoms with E-state index in [9.17, 15) is 19.5 Å². The van der Waals surface area contributed by atoms with Crippen LogP contribution in [0.5, 0.6) is 0 Å². The Morgan fingerprint density at radius 1 is 1.14 bits per heavy atom. The monoisotopic (exact) mass is 597 g/mol. The summed E-state index contributed by atoms with van der Waals surface area (Å²) in [6, 6.07) is 6.03. The maximum Gasteiger partial charge on any atom is 0.246 e. The van der Waals surface area contributed by atoms with Crippen LogP contribution in [0.1, 0.15) is 89.9 Å². The van der Waals surface area contributed by atoms with Gasteiger partial charge in [0.1, 0.15) is 12.1 Å². The number of aryl methyl sites for hydroxylation is 1. The molecule has 0 unspecified atom stereocenters. The van der Waals surface area contributed by atoms with Gasteiger partial charge in [-0.15, -0.1) is 11.3 Å². The molecule has 2 aromatic rings. The molecule has 9 nitrogen and oxygen atoms in total. The van der Waals surface area contributed by atoms with Gasteiger partial charge in [0.2, 0.25) is 17.7 Å². The average molecular weight is 598 g/mol. The van der Waals surface area contributed by atoms with E-state index in [1.54, 1.807) is 11.3 Å². The fraction of sp³-hybridized carbons (Fsp3) is 0.625. The molecule has 3 amide bonds. The van der Waals surface area contributed by atoms with Crippen LogP contribution in [0.4, 0.5) is 0 Å². The zero-order valence-electron chi connectivity index (χ0n) is 25.6. The number of thiazole rings is 1. The van der Waals surface area contributed by atoms with E-state index in [4.69, 9.17) is 5.73 Å². The molecule has 1 aliphatic carbocycles. The SMILES string of the molecule is Cc1ncsc1-c1ccc([C@H](C)NC(=O)[C@@H]2C[C@@H](O)CN2C(=O)[C@@H](NC(=O)CC2(CN)CCCCC2)C(C)(C)C)cc1. The van der Waals surface area contributed by atoms with Crippen LogP contribution in [-0.2, 0) is 14.4 Å². The molecule has 0 bridgehead atoms. The quantitative estimate of drug-likeness (QED) is 0.344. The van der Waals surface area contributed by atoms with Gasteiger partial charge in [-0.2, -0.15) is 0 Å². The van der Waals surface area contributed by atoms with E-state index in [0.717, 1.165) is 53.8 Å². The lowest BCUT2D eigenvalue weighted by atomic mass is 9.71. The number of likely N-dealkylation sites (tertiary alicyclic amines) is 1. The van der Waals surface area contributed by atoms with Crippen molar-refractivity contribution >= 4 is 29.1 Å². The second-order valence-corrected chi connectivity index (χ2v) is 14.2. The van der Waals surface area contributed by atoms with Gasteiger partial charge in [0.15, 0.2) is 0 Å². The first-order chi connectivity index (χ1) is 19.8. The van der Waals surface area contributed by atoms with Crippen molar-refractivity contribution < 1.29 is 19.5 Å². The fourth-order valence-corrected chi connectivity index (χ4v) is 7.13. The first kappa shape index (κ1) is 32.1. The maximum atomic E-state index is 14.0. The number of hydrogen-bond donors (Lipinski definition) is 4. The summed E-state index contributed by atoms with van der Waals surface area (Å²) in [6.45, 7) is 10.1. The first-order valence-corrected chi connectivity index (χ1v) is 16.0. The number of aromatic nitrogens is 1. The molecule has 2 fully saturated rings. The Labute approximate surface area is 253 Å². The minimum atomic E-state index is -0.843. The molecule has 5 N–H and O–H groups in total. The normalized spacial score (nSPS) is 21.9. The number of benzene rings is 1. The van der Waals surface area contributed by atoms with E-state index < -0.39 is 23.6 Å². The predicted octanol–water partition coefficient (Wildman–Crippen LogP) is 4.09. The van der Waals surface area contributed by atoms with Crippen LogP contribution >= 0.6 is 11.3 Å². The number of aliphatic hydroxyl groups excluding tert-OH is 1. The second-order valence-electron chi connectivity index (χ2n) is 13.3. The van der Waals surface area contributed by atoms with E-state index in [1.165, 1.54) is 4.90 Å². The van der Waals surface area contributed by atoms with Gasteiger partial charge in [-0.3, -0.25) is 14.4 Å². The van der Waals surface area contributed by atoms with Crippen molar-refractivity contribution in [1.29, 1.82) is 0 Å². The van der Waals surface area contributed by atoms with Gasteiger partial charge in [-0.05, 0) is 55.2 Å². The minimum Gasteiger partial charge on any atom is -0.391 e. The molecule has 42 heavy (non-hydrogen) atoms. The Bertz CT molecular complexity index is 1250. The maximum absolute atomic E-state index is 14.0. The number of hydrogen-bond acceptors (Lipinski definition) is 7. The third kappa shape index (κ3) is 7.38. The number of nitrogens with two attached hydrogens (primary N) is 1. The zero-order valence-corrected chi connectivity index (χ0v) is 26.4. The molecule has 1 aromatic carbocycles. The number of amides is 3. The number of nitrogens with zero attached hydrogens (tertiary/aromatic N) is 2. The Morgan fingerprint density at radius 3 is 2.38 bits per heavy atom. The van der Waals surface area contributed by atoms with E-state index >= 15 is 0 Å². The highest BCUT2D eigenvalue weighted by atomic mass is 32.1. The first-order valence-electron chi connectivity index (χ1n) is 15.1. The van der Waals surface area contributed by atoms with Gasteiger partial charge in [-0.25, -0.2) is 4.98 Å². The molecule has 2 aliphatic rings. The molecule has 4 rings (SSSR count). The highest BCUT2D eigenvalue weighted by molar-refractivity contribution is 7.13. The van der Waals surface area contributed by atoms with Crippen molar-refractivity contribution in [3.05, 3.63) is 41.0 Å². The molecular weight excluding hydrogens is 550 g/mol. The van der Waals surface area contributed by atoms with Crippen LogP contribution in [0.25, 0.3) is 10.4 Å². The average Bonchev–Trinajstić information content (AvgIpc) is 3.56.